The third-order valence-corrected chi connectivity index (χ3v) is 0.888. The van der Waals surface area contributed by atoms with E-state index in [0.29, 0.717) is 18.6 Å². The van der Waals surface area contributed by atoms with Crippen LogP contribution in [-0.4, -0.2) is 22.3 Å². The maximum atomic E-state index is 8.12. The molecule has 0 spiro atoms. The van der Waals surface area contributed by atoms with E-state index in [-0.39, 0.29) is 0 Å². The minimum Gasteiger partial charge on any atom is -0.411 e. The van der Waals surface area contributed by atoms with Crippen molar-refractivity contribution >= 4 is 11.9 Å². The van der Waals surface area contributed by atoms with Gasteiger partial charge in [-0.15, -0.1) is 5.16 Å². The van der Waals surface area contributed by atoms with Gasteiger partial charge in [0.2, 0.25) is 0 Å². The Balaban J connectivity index is 3.28. The van der Waals surface area contributed by atoms with Crippen LogP contribution in [0.25, 0.3) is 0 Å². The molecule has 0 aliphatic carbocycles. The Kier molecular flexibility index (Phi) is 4.49. The van der Waals surface area contributed by atoms with E-state index in [1.165, 1.54) is 6.21 Å². The normalized spacial score (nSPS) is 12.8. The zero-order valence-electron chi connectivity index (χ0n) is 5.28. The van der Waals surface area contributed by atoms with Gasteiger partial charge in [-0.1, -0.05) is 5.16 Å². The van der Waals surface area contributed by atoms with Gasteiger partial charge < -0.3 is 10.4 Å². The van der Waals surface area contributed by atoms with Gasteiger partial charge in [-0.05, 0) is 19.8 Å². The van der Waals surface area contributed by atoms with E-state index in [0.717, 1.165) is 0 Å². The first kappa shape index (κ1) is 7.94. The highest BCUT2D eigenvalue weighted by Crippen LogP contribution is 1.88. The van der Waals surface area contributed by atoms with Crippen LogP contribution in [0.1, 0.15) is 19.8 Å². The zero-order chi connectivity index (χ0) is 7.11. The third-order valence-electron chi connectivity index (χ3n) is 0.888. The Labute approximate surface area is 53.5 Å². The molecule has 0 aromatic carbocycles. The number of oxime groups is 2. The number of nitrogens with zero attached hydrogens (tertiary/aromatic N) is 2. The molecule has 4 nitrogen and oxygen atoms in total. The highest BCUT2D eigenvalue weighted by molar-refractivity contribution is 5.83. The molecule has 9 heavy (non-hydrogen) atoms. The van der Waals surface area contributed by atoms with Crippen LogP contribution in [-0.2, 0) is 0 Å². The second-order valence-electron chi connectivity index (χ2n) is 1.67. The van der Waals surface area contributed by atoms with Crippen LogP contribution >= 0.6 is 0 Å². The van der Waals surface area contributed by atoms with Crippen molar-refractivity contribution in [3.8, 4) is 0 Å². The van der Waals surface area contributed by atoms with Crippen molar-refractivity contribution in [2.45, 2.75) is 19.8 Å². The molecule has 0 aromatic heterocycles. The average Bonchev–Trinajstić information content (AvgIpc) is 1.89. The van der Waals surface area contributed by atoms with Crippen molar-refractivity contribution in [3.05, 3.63) is 0 Å². The van der Waals surface area contributed by atoms with Crippen molar-refractivity contribution in [3.63, 3.8) is 0 Å². The van der Waals surface area contributed by atoms with E-state index in [9.17, 15) is 0 Å². The molecular formula is C5H10N2O2. The smallest absolute Gasteiger partial charge is 0.0543 e. The summed E-state index contributed by atoms with van der Waals surface area (Å²) >= 11 is 0. The lowest BCUT2D eigenvalue weighted by atomic mass is 10.2. The van der Waals surface area contributed by atoms with E-state index in [1.54, 1.807) is 6.92 Å². The number of rotatable bonds is 3. The SMILES string of the molecule is C/C(CC/C=N/O)=N\O. The Morgan fingerprint density at radius 1 is 1.56 bits per heavy atom. The molecule has 0 aromatic rings. The van der Waals surface area contributed by atoms with Crippen molar-refractivity contribution in [1.29, 1.82) is 0 Å². The molecule has 0 saturated carbocycles. The summed E-state index contributed by atoms with van der Waals surface area (Å²) in [5.41, 5.74) is 0.634. The van der Waals surface area contributed by atoms with Crippen LogP contribution in [0.5, 0.6) is 0 Å². The van der Waals surface area contributed by atoms with Gasteiger partial charge in [0, 0.05) is 6.21 Å². The fourth-order valence-electron chi connectivity index (χ4n) is 0.381. The van der Waals surface area contributed by atoms with Gasteiger partial charge in [0.15, 0.2) is 0 Å². The van der Waals surface area contributed by atoms with Gasteiger partial charge >= 0.3 is 0 Å². The lowest BCUT2D eigenvalue weighted by Crippen LogP contribution is -1.90. The average molecular weight is 130 g/mol. The Bertz CT molecular complexity index is 120. The van der Waals surface area contributed by atoms with Crippen LogP contribution in [0.4, 0.5) is 0 Å². The minimum absolute atomic E-state index is 0.604. The third kappa shape index (κ3) is 4.80. The van der Waals surface area contributed by atoms with Gasteiger partial charge in [-0.2, -0.15) is 0 Å². The summed E-state index contributed by atoms with van der Waals surface area (Å²) in [6, 6.07) is 0. The molecule has 0 radical (unpaired) electrons. The van der Waals surface area contributed by atoms with E-state index in [4.69, 9.17) is 10.4 Å². The summed E-state index contributed by atoms with van der Waals surface area (Å²) in [6.07, 6.45) is 2.58. The summed E-state index contributed by atoms with van der Waals surface area (Å²) in [7, 11) is 0. The van der Waals surface area contributed by atoms with E-state index in [2.05, 4.69) is 10.3 Å². The van der Waals surface area contributed by atoms with Crippen molar-refractivity contribution in [1.82, 2.24) is 0 Å². The van der Waals surface area contributed by atoms with Gasteiger partial charge in [0.05, 0.1) is 5.71 Å². The molecule has 0 amide bonds. The highest BCUT2D eigenvalue weighted by atomic mass is 16.4. The zero-order valence-corrected chi connectivity index (χ0v) is 5.28. The van der Waals surface area contributed by atoms with Crippen LogP contribution in [0, 0.1) is 0 Å². The molecule has 2 N–H and O–H groups in total. The van der Waals surface area contributed by atoms with Crippen LogP contribution in [0.2, 0.25) is 0 Å². The minimum atomic E-state index is 0.604. The molecule has 0 fully saturated rings. The maximum Gasteiger partial charge on any atom is 0.0543 e. The van der Waals surface area contributed by atoms with Gasteiger partial charge in [0.25, 0.3) is 0 Å². The molecule has 0 rings (SSSR count). The van der Waals surface area contributed by atoms with E-state index in [1.807, 2.05) is 0 Å². The van der Waals surface area contributed by atoms with Crippen LogP contribution < -0.4 is 0 Å². The summed E-state index contributed by atoms with van der Waals surface area (Å²) in [6.45, 7) is 1.70. The fourth-order valence-corrected chi connectivity index (χ4v) is 0.381. The molecule has 0 bridgehead atoms. The lowest BCUT2D eigenvalue weighted by Gasteiger charge is -1.89. The molecule has 52 valence electrons. The lowest BCUT2D eigenvalue weighted by molar-refractivity contribution is 0.316. The summed E-state index contributed by atoms with van der Waals surface area (Å²) < 4.78 is 0. The summed E-state index contributed by atoms with van der Waals surface area (Å²) in [5, 5.41) is 21.7. The Morgan fingerprint density at radius 2 is 2.22 bits per heavy atom. The molecule has 4 heteroatoms. The molecule has 0 heterocycles. The maximum absolute atomic E-state index is 8.12. The quantitative estimate of drug-likeness (QED) is 0.341. The molecule has 0 aliphatic rings. The van der Waals surface area contributed by atoms with Gasteiger partial charge in [-0.25, -0.2) is 0 Å². The molecule has 0 atom stereocenters. The topological polar surface area (TPSA) is 65.2 Å². The van der Waals surface area contributed by atoms with Crippen molar-refractivity contribution in [2.24, 2.45) is 10.3 Å². The van der Waals surface area contributed by atoms with E-state index >= 15 is 0 Å². The first-order chi connectivity index (χ1) is 4.31. The largest absolute Gasteiger partial charge is 0.411 e. The monoisotopic (exact) mass is 130 g/mol. The summed E-state index contributed by atoms with van der Waals surface area (Å²) in [4.78, 5) is 0. The fraction of sp³-hybridized carbons (Fsp3) is 0.600. The Morgan fingerprint density at radius 3 is 2.67 bits per heavy atom. The van der Waals surface area contributed by atoms with Gasteiger partial charge in [-0.3, -0.25) is 0 Å². The predicted octanol–water partition coefficient (Wildman–Crippen LogP) is 1.08. The Hall–Kier alpha value is -1.06. The second kappa shape index (κ2) is 5.08. The van der Waals surface area contributed by atoms with Crippen molar-refractivity contribution in [2.75, 3.05) is 0 Å². The van der Waals surface area contributed by atoms with Gasteiger partial charge in [0.1, 0.15) is 0 Å². The van der Waals surface area contributed by atoms with Crippen LogP contribution in [0.15, 0.2) is 10.3 Å². The highest BCUT2D eigenvalue weighted by Gasteiger charge is 1.87. The summed E-state index contributed by atoms with van der Waals surface area (Å²) in [5.74, 6) is 0. The first-order valence-electron chi connectivity index (χ1n) is 2.64. The number of hydrogen-bond acceptors (Lipinski definition) is 4. The first-order valence-corrected chi connectivity index (χ1v) is 2.64. The van der Waals surface area contributed by atoms with Crippen LogP contribution in [0.3, 0.4) is 0 Å². The second-order valence-corrected chi connectivity index (χ2v) is 1.67. The van der Waals surface area contributed by atoms with Crippen molar-refractivity contribution < 1.29 is 10.4 Å². The number of hydrogen-bond donors (Lipinski definition) is 2. The molecular weight excluding hydrogens is 120 g/mol. The molecule has 0 saturated heterocycles. The predicted molar refractivity (Wildman–Crippen MR) is 34.4 cm³/mol. The molecule has 0 aliphatic heterocycles. The molecule has 0 unspecified atom stereocenters. The standard InChI is InChI=1S/C5H10N2O2/c1-5(7-9)3-2-4-6-8/h4,8-9H,2-3H2,1H3/b6-4+,7-5+. The van der Waals surface area contributed by atoms with E-state index < -0.39 is 0 Å².